The van der Waals surface area contributed by atoms with Crippen molar-refractivity contribution in [3.05, 3.63) is 60.2 Å². The van der Waals surface area contributed by atoms with E-state index < -0.39 is 0 Å². The van der Waals surface area contributed by atoms with E-state index in [0.29, 0.717) is 24.2 Å². The maximum absolute atomic E-state index is 12.1. The average Bonchev–Trinajstić information content (AvgIpc) is 3.19. The van der Waals surface area contributed by atoms with Gasteiger partial charge >= 0.3 is 0 Å². The number of thioether (sulfide) groups is 1. The fourth-order valence-electron chi connectivity index (χ4n) is 2.49. The average molecular weight is 398 g/mol. The van der Waals surface area contributed by atoms with E-state index >= 15 is 0 Å². The summed E-state index contributed by atoms with van der Waals surface area (Å²) in [4.78, 5) is 12.1. The van der Waals surface area contributed by atoms with Gasteiger partial charge in [0.2, 0.25) is 11.1 Å². The first-order valence-corrected chi connectivity index (χ1v) is 10.1. The lowest BCUT2D eigenvalue weighted by molar-refractivity contribution is -0.118. The molecule has 3 aromatic rings. The Morgan fingerprint density at radius 3 is 2.61 bits per heavy atom. The number of amides is 1. The van der Waals surface area contributed by atoms with E-state index in [-0.39, 0.29) is 11.7 Å². The molecular weight excluding hydrogens is 374 g/mol. The van der Waals surface area contributed by atoms with Crippen LogP contribution in [0.25, 0.3) is 5.69 Å². The molecule has 0 aliphatic heterocycles. The van der Waals surface area contributed by atoms with Gasteiger partial charge in [0.25, 0.3) is 0 Å². The van der Waals surface area contributed by atoms with Gasteiger partial charge in [-0.2, -0.15) is 4.68 Å². The Balaban J connectivity index is 1.46. The van der Waals surface area contributed by atoms with Crippen LogP contribution in [0.1, 0.15) is 25.3 Å². The summed E-state index contributed by atoms with van der Waals surface area (Å²) in [5, 5.41) is 15.2. The number of hydrogen-bond acceptors (Lipinski definition) is 6. The first-order chi connectivity index (χ1) is 13.6. The number of carbonyl (C=O) groups excluding carboxylic acids is 1. The van der Waals surface area contributed by atoms with Crippen LogP contribution in [0.5, 0.6) is 5.75 Å². The number of benzene rings is 2. The van der Waals surface area contributed by atoms with Crippen LogP contribution in [0.4, 0.5) is 0 Å². The van der Waals surface area contributed by atoms with Crippen molar-refractivity contribution in [2.24, 2.45) is 0 Å². The third-order valence-electron chi connectivity index (χ3n) is 4.01. The van der Waals surface area contributed by atoms with Gasteiger partial charge in [-0.3, -0.25) is 4.79 Å². The minimum Gasteiger partial charge on any atom is -0.492 e. The Morgan fingerprint density at radius 1 is 1.14 bits per heavy atom. The smallest absolute Gasteiger partial charge is 0.230 e. The molecule has 0 bridgehead atoms. The summed E-state index contributed by atoms with van der Waals surface area (Å²) in [5.41, 5.74) is 2.12. The van der Waals surface area contributed by atoms with Crippen LogP contribution in [0, 0.1) is 0 Å². The summed E-state index contributed by atoms with van der Waals surface area (Å²) in [5.74, 6) is 1.39. The molecule has 0 spiro atoms. The predicted molar refractivity (Wildman–Crippen MR) is 109 cm³/mol. The molecule has 28 heavy (non-hydrogen) atoms. The first kappa shape index (κ1) is 19.9. The van der Waals surface area contributed by atoms with Crippen molar-refractivity contribution >= 4 is 17.7 Å². The Morgan fingerprint density at radius 2 is 1.89 bits per heavy atom. The van der Waals surface area contributed by atoms with E-state index in [1.165, 1.54) is 17.3 Å². The maximum Gasteiger partial charge on any atom is 0.230 e. The third kappa shape index (κ3) is 5.56. The molecule has 1 amide bonds. The van der Waals surface area contributed by atoms with Crippen LogP contribution in [0.15, 0.2) is 59.8 Å². The number of carbonyl (C=O) groups is 1. The van der Waals surface area contributed by atoms with Crippen LogP contribution in [0.3, 0.4) is 0 Å². The normalized spacial score (nSPS) is 10.8. The van der Waals surface area contributed by atoms with E-state index in [9.17, 15) is 4.79 Å². The van der Waals surface area contributed by atoms with E-state index in [1.54, 1.807) is 4.68 Å². The van der Waals surface area contributed by atoms with Crippen LogP contribution in [-0.2, 0) is 4.79 Å². The molecule has 1 heterocycles. The van der Waals surface area contributed by atoms with Crippen molar-refractivity contribution < 1.29 is 9.53 Å². The molecule has 8 heteroatoms. The number of rotatable bonds is 9. The number of nitrogens with one attached hydrogen (secondary N) is 1. The molecular formula is C20H23N5O2S. The lowest BCUT2D eigenvalue weighted by Crippen LogP contribution is -2.29. The monoisotopic (exact) mass is 397 g/mol. The molecule has 1 N–H and O–H groups in total. The highest BCUT2D eigenvalue weighted by Gasteiger charge is 2.12. The summed E-state index contributed by atoms with van der Waals surface area (Å²) in [7, 11) is 0. The third-order valence-corrected chi connectivity index (χ3v) is 4.93. The number of aromatic nitrogens is 4. The van der Waals surface area contributed by atoms with Crippen molar-refractivity contribution in [3.8, 4) is 11.4 Å². The Bertz CT molecular complexity index is 881. The SMILES string of the molecule is CC(C)c1ccc(-n2nnnc2SCC(=O)NCCOc2ccccc2)cc1. The Labute approximate surface area is 168 Å². The second-order valence-electron chi connectivity index (χ2n) is 6.42. The molecule has 0 saturated heterocycles. The molecule has 146 valence electrons. The minimum absolute atomic E-state index is 0.0913. The molecule has 0 aliphatic carbocycles. The van der Waals surface area contributed by atoms with Gasteiger partial charge in [-0.05, 0) is 46.2 Å². The largest absolute Gasteiger partial charge is 0.492 e. The molecule has 0 unspecified atom stereocenters. The van der Waals surface area contributed by atoms with Crippen molar-refractivity contribution in [2.45, 2.75) is 24.9 Å². The number of ether oxygens (including phenoxy) is 1. The van der Waals surface area contributed by atoms with Crippen LogP contribution >= 0.6 is 11.8 Å². The van der Waals surface area contributed by atoms with E-state index in [2.05, 4.69) is 46.8 Å². The van der Waals surface area contributed by atoms with Gasteiger partial charge in [0, 0.05) is 0 Å². The number of hydrogen-bond donors (Lipinski definition) is 1. The summed E-state index contributed by atoms with van der Waals surface area (Å²) in [6, 6.07) is 17.6. The van der Waals surface area contributed by atoms with Crippen LogP contribution < -0.4 is 10.1 Å². The highest BCUT2D eigenvalue weighted by molar-refractivity contribution is 7.99. The second-order valence-corrected chi connectivity index (χ2v) is 7.36. The minimum atomic E-state index is -0.0913. The fraction of sp³-hybridized carbons (Fsp3) is 0.300. The lowest BCUT2D eigenvalue weighted by Gasteiger charge is -2.08. The van der Waals surface area contributed by atoms with Crippen molar-refractivity contribution in [1.82, 2.24) is 25.5 Å². The summed E-state index contributed by atoms with van der Waals surface area (Å²) < 4.78 is 7.19. The van der Waals surface area contributed by atoms with Gasteiger partial charge in [-0.15, -0.1) is 5.10 Å². The van der Waals surface area contributed by atoms with Crippen molar-refractivity contribution in [1.29, 1.82) is 0 Å². The van der Waals surface area contributed by atoms with Crippen LogP contribution in [-0.4, -0.2) is 45.0 Å². The molecule has 1 aromatic heterocycles. The molecule has 0 radical (unpaired) electrons. The van der Waals surface area contributed by atoms with E-state index in [0.717, 1.165) is 11.4 Å². The quantitative estimate of drug-likeness (QED) is 0.441. The number of para-hydroxylation sites is 1. The lowest BCUT2D eigenvalue weighted by atomic mass is 10.0. The van der Waals surface area contributed by atoms with Gasteiger partial charge in [0.1, 0.15) is 12.4 Å². The van der Waals surface area contributed by atoms with Crippen LogP contribution in [0.2, 0.25) is 0 Å². The highest BCUT2D eigenvalue weighted by Crippen LogP contribution is 2.20. The van der Waals surface area contributed by atoms with Crippen molar-refractivity contribution in [2.75, 3.05) is 18.9 Å². The molecule has 0 fully saturated rings. The Kier molecular flexibility index (Phi) is 7.02. The Hall–Kier alpha value is -2.87. The molecule has 0 saturated carbocycles. The van der Waals surface area contributed by atoms with Crippen molar-refractivity contribution in [3.63, 3.8) is 0 Å². The summed E-state index contributed by atoms with van der Waals surface area (Å²) >= 11 is 1.30. The number of tetrazole rings is 1. The predicted octanol–water partition coefficient (Wildman–Crippen LogP) is 3.07. The summed E-state index contributed by atoms with van der Waals surface area (Å²) in [6.45, 7) is 5.16. The van der Waals surface area contributed by atoms with Gasteiger partial charge in [0.15, 0.2) is 0 Å². The standard InChI is InChI=1S/C20H23N5O2S/c1-15(2)16-8-10-17(11-9-16)25-20(22-23-24-25)28-14-19(26)21-12-13-27-18-6-4-3-5-7-18/h3-11,15H,12-14H2,1-2H3,(H,21,26). The molecule has 2 aromatic carbocycles. The van der Waals surface area contributed by atoms with Gasteiger partial charge in [0.05, 0.1) is 18.0 Å². The topological polar surface area (TPSA) is 81.9 Å². The van der Waals surface area contributed by atoms with E-state index in [4.69, 9.17) is 4.74 Å². The maximum atomic E-state index is 12.1. The molecule has 3 rings (SSSR count). The van der Waals surface area contributed by atoms with E-state index in [1.807, 2.05) is 42.5 Å². The zero-order chi connectivity index (χ0) is 19.8. The van der Waals surface area contributed by atoms with Gasteiger partial charge < -0.3 is 10.1 Å². The molecule has 7 nitrogen and oxygen atoms in total. The zero-order valence-electron chi connectivity index (χ0n) is 15.9. The summed E-state index contributed by atoms with van der Waals surface area (Å²) in [6.07, 6.45) is 0. The fourth-order valence-corrected chi connectivity index (χ4v) is 3.21. The molecule has 0 atom stereocenters. The van der Waals surface area contributed by atoms with Gasteiger partial charge in [-0.1, -0.05) is 55.9 Å². The molecule has 0 aliphatic rings. The second kappa shape index (κ2) is 9.89. The first-order valence-electron chi connectivity index (χ1n) is 9.09. The zero-order valence-corrected chi connectivity index (χ0v) is 16.7. The number of nitrogens with zero attached hydrogens (tertiary/aromatic N) is 4. The van der Waals surface area contributed by atoms with Gasteiger partial charge in [-0.25, -0.2) is 0 Å². The highest BCUT2D eigenvalue weighted by atomic mass is 32.2.